The van der Waals surface area contributed by atoms with Crippen LogP contribution in [0.2, 0.25) is 0 Å². The molecule has 0 saturated carbocycles. The number of nitrogens with one attached hydrogen (secondary N) is 1. The number of oxazole rings is 1. The van der Waals surface area contributed by atoms with Gasteiger partial charge in [-0.3, -0.25) is 4.79 Å². The fourth-order valence-corrected chi connectivity index (χ4v) is 3.41. The van der Waals surface area contributed by atoms with E-state index in [0.717, 1.165) is 23.4 Å². The molecule has 0 saturated heterocycles. The molecule has 1 heterocycles. The maximum atomic E-state index is 11.7. The zero-order valence-corrected chi connectivity index (χ0v) is 16.5. The maximum absolute atomic E-state index is 11.7. The number of methoxy groups -OCH3 is 1. The first kappa shape index (κ1) is 19.9. The van der Waals surface area contributed by atoms with E-state index in [9.17, 15) is 4.79 Å². The van der Waals surface area contributed by atoms with Crippen molar-refractivity contribution in [3.63, 3.8) is 0 Å². The van der Waals surface area contributed by atoms with Crippen molar-refractivity contribution in [3.05, 3.63) is 35.7 Å². The number of hydrogen-bond donors (Lipinski definition) is 1. The van der Waals surface area contributed by atoms with Crippen LogP contribution in [0, 0.1) is 6.92 Å². The monoisotopic (exact) mass is 380 g/mol. The summed E-state index contributed by atoms with van der Waals surface area (Å²) in [4.78, 5) is 17.5. The number of hydrogen-bond acceptors (Lipinski definition) is 6. The lowest BCUT2D eigenvalue weighted by atomic mass is 10.2. The van der Waals surface area contributed by atoms with Gasteiger partial charge in [0.05, 0.1) is 11.4 Å². The summed E-state index contributed by atoms with van der Waals surface area (Å²) in [6.45, 7) is 3.21. The number of carbonyl (C=O) groups is 1. The van der Waals surface area contributed by atoms with Crippen LogP contribution in [-0.4, -0.2) is 43.2 Å². The second kappa shape index (κ2) is 10.5. The first-order valence-corrected chi connectivity index (χ1v) is 10.5. The SMILES string of the molecule is COCCCNC(=O)CSCc1nc(-c2ccc(SC)cc2)oc1C. The quantitative estimate of drug-likeness (QED) is 0.500. The Balaban J connectivity index is 1.82. The van der Waals surface area contributed by atoms with Gasteiger partial charge in [-0.05, 0) is 43.9 Å². The lowest BCUT2D eigenvalue weighted by molar-refractivity contribution is -0.118. The molecule has 0 aliphatic carbocycles. The van der Waals surface area contributed by atoms with E-state index in [4.69, 9.17) is 9.15 Å². The van der Waals surface area contributed by atoms with E-state index in [1.807, 2.05) is 25.3 Å². The molecule has 136 valence electrons. The standard InChI is InChI=1S/C18H24N2O3S2/c1-13-16(11-25-12-17(21)19-9-4-10-22-2)20-18(23-13)14-5-7-15(24-3)8-6-14/h5-8H,4,9-12H2,1-3H3,(H,19,21). The number of ether oxygens (including phenoxy) is 1. The third-order valence-electron chi connectivity index (χ3n) is 3.55. The van der Waals surface area contributed by atoms with Crippen molar-refractivity contribution in [2.45, 2.75) is 24.0 Å². The van der Waals surface area contributed by atoms with Crippen LogP contribution < -0.4 is 5.32 Å². The van der Waals surface area contributed by atoms with Crippen LogP contribution in [0.1, 0.15) is 17.9 Å². The van der Waals surface area contributed by atoms with Crippen molar-refractivity contribution in [2.24, 2.45) is 0 Å². The van der Waals surface area contributed by atoms with Gasteiger partial charge in [-0.2, -0.15) is 0 Å². The first-order valence-electron chi connectivity index (χ1n) is 8.08. The number of carbonyl (C=O) groups excluding carboxylic acids is 1. The summed E-state index contributed by atoms with van der Waals surface area (Å²) < 4.78 is 10.7. The van der Waals surface area contributed by atoms with Crippen LogP contribution in [0.15, 0.2) is 33.6 Å². The molecule has 1 N–H and O–H groups in total. The molecule has 1 aromatic heterocycles. The molecular formula is C18H24N2O3S2. The third kappa shape index (κ3) is 6.41. The third-order valence-corrected chi connectivity index (χ3v) is 5.24. The summed E-state index contributed by atoms with van der Waals surface area (Å²) in [6, 6.07) is 8.15. The van der Waals surface area contributed by atoms with Crippen LogP contribution in [0.3, 0.4) is 0 Å². The van der Waals surface area contributed by atoms with Crippen LogP contribution in [-0.2, 0) is 15.3 Å². The summed E-state index contributed by atoms with van der Waals surface area (Å²) in [6.07, 6.45) is 2.88. The van der Waals surface area contributed by atoms with Crippen LogP contribution in [0.5, 0.6) is 0 Å². The van der Waals surface area contributed by atoms with E-state index in [-0.39, 0.29) is 5.91 Å². The molecule has 1 aromatic carbocycles. The molecule has 0 bridgehead atoms. The number of aryl methyl sites for hydroxylation is 1. The molecule has 0 atom stereocenters. The number of rotatable bonds is 10. The van der Waals surface area contributed by atoms with Crippen molar-refractivity contribution in [3.8, 4) is 11.5 Å². The summed E-state index contributed by atoms with van der Waals surface area (Å²) in [5.74, 6) is 2.54. The molecule has 0 aliphatic heterocycles. The van der Waals surface area contributed by atoms with Gasteiger partial charge < -0.3 is 14.5 Å². The van der Waals surface area contributed by atoms with Gasteiger partial charge in [0, 0.05) is 36.5 Å². The molecule has 0 spiro atoms. The van der Waals surface area contributed by atoms with Crippen LogP contribution in [0.4, 0.5) is 0 Å². The summed E-state index contributed by atoms with van der Waals surface area (Å²) in [5.41, 5.74) is 1.86. The number of amides is 1. The number of nitrogens with zero attached hydrogens (tertiary/aromatic N) is 1. The van der Waals surface area contributed by atoms with Gasteiger partial charge in [-0.1, -0.05) is 0 Å². The molecule has 0 fully saturated rings. The van der Waals surface area contributed by atoms with E-state index in [2.05, 4.69) is 22.4 Å². The zero-order chi connectivity index (χ0) is 18.1. The Hall–Kier alpha value is -1.44. The predicted octanol–water partition coefficient (Wildman–Crippen LogP) is 3.76. The maximum Gasteiger partial charge on any atom is 0.230 e. The fraction of sp³-hybridized carbons (Fsp3) is 0.444. The van der Waals surface area contributed by atoms with E-state index >= 15 is 0 Å². The predicted molar refractivity (Wildman–Crippen MR) is 104 cm³/mol. The lowest BCUT2D eigenvalue weighted by Gasteiger charge is -2.04. The highest BCUT2D eigenvalue weighted by Crippen LogP contribution is 2.26. The second-order valence-corrected chi connectivity index (χ2v) is 7.30. The van der Waals surface area contributed by atoms with E-state index in [1.165, 1.54) is 16.7 Å². The normalized spacial score (nSPS) is 10.8. The van der Waals surface area contributed by atoms with Crippen molar-refractivity contribution in [1.29, 1.82) is 0 Å². The Morgan fingerprint density at radius 1 is 1.32 bits per heavy atom. The van der Waals surface area contributed by atoms with Gasteiger partial charge in [0.1, 0.15) is 5.76 Å². The van der Waals surface area contributed by atoms with E-state index in [1.54, 1.807) is 18.9 Å². The minimum Gasteiger partial charge on any atom is -0.441 e. The van der Waals surface area contributed by atoms with Gasteiger partial charge in [-0.15, -0.1) is 23.5 Å². The molecule has 7 heteroatoms. The molecular weight excluding hydrogens is 356 g/mol. The minimum atomic E-state index is 0.0372. The highest BCUT2D eigenvalue weighted by Gasteiger charge is 2.12. The smallest absolute Gasteiger partial charge is 0.230 e. The number of benzene rings is 1. The van der Waals surface area contributed by atoms with Gasteiger partial charge in [-0.25, -0.2) is 4.98 Å². The molecule has 5 nitrogen and oxygen atoms in total. The summed E-state index contributed by atoms with van der Waals surface area (Å²) in [7, 11) is 1.66. The second-order valence-electron chi connectivity index (χ2n) is 5.44. The summed E-state index contributed by atoms with van der Waals surface area (Å²) in [5, 5.41) is 2.87. The van der Waals surface area contributed by atoms with E-state index < -0.39 is 0 Å². The molecule has 25 heavy (non-hydrogen) atoms. The average Bonchev–Trinajstić information content (AvgIpc) is 3.00. The Morgan fingerprint density at radius 3 is 2.76 bits per heavy atom. The van der Waals surface area contributed by atoms with E-state index in [0.29, 0.717) is 30.5 Å². The van der Waals surface area contributed by atoms with Gasteiger partial charge in [0.25, 0.3) is 0 Å². The number of aromatic nitrogens is 1. The Kier molecular flexibility index (Phi) is 8.37. The topological polar surface area (TPSA) is 64.4 Å². The zero-order valence-electron chi connectivity index (χ0n) is 14.8. The van der Waals surface area contributed by atoms with Crippen LogP contribution >= 0.6 is 23.5 Å². The van der Waals surface area contributed by atoms with Crippen molar-refractivity contribution in [2.75, 3.05) is 32.3 Å². The average molecular weight is 381 g/mol. The molecule has 1 amide bonds. The van der Waals surface area contributed by atoms with Crippen LogP contribution in [0.25, 0.3) is 11.5 Å². The van der Waals surface area contributed by atoms with Gasteiger partial charge in [0.15, 0.2) is 0 Å². The molecule has 0 radical (unpaired) electrons. The Bertz CT molecular complexity index is 671. The van der Waals surface area contributed by atoms with Gasteiger partial charge in [0.2, 0.25) is 11.8 Å². The summed E-state index contributed by atoms with van der Waals surface area (Å²) >= 11 is 3.24. The molecule has 2 aromatic rings. The highest BCUT2D eigenvalue weighted by molar-refractivity contribution is 7.99. The largest absolute Gasteiger partial charge is 0.441 e. The van der Waals surface area contributed by atoms with Crippen molar-refractivity contribution >= 4 is 29.4 Å². The van der Waals surface area contributed by atoms with Gasteiger partial charge >= 0.3 is 0 Å². The number of thioether (sulfide) groups is 2. The lowest BCUT2D eigenvalue weighted by Crippen LogP contribution is -2.26. The molecule has 0 aliphatic rings. The minimum absolute atomic E-state index is 0.0372. The molecule has 2 rings (SSSR count). The van der Waals surface area contributed by atoms with Crippen molar-refractivity contribution < 1.29 is 13.9 Å². The molecule has 0 unspecified atom stereocenters. The van der Waals surface area contributed by atoms with Crippen molar-refractivity contribution in [1.82, 2.24) is 10.3 Å². The highest BCUT2D eigenvalue weighted by atomic mass is 32.2. The fourth-order valence-electron chi connectivity index (χ4n) is 2.15. The Labute approximate surface area is 157 Å². The first-order chi connectivity index (χ1) is 12.1. The Morgan fingerprint density at radius 2 is 2.08 bits per heavy atom.